The summed E-state index contributed by atoms with van der Waals surface area (Å²) >= 11 is 0. The summed E-state index contributed by atoms with van der Waals surface area (Å²) in [6, 6.07) is 14.9. The van der Waals surface area contributed by atoms with Crippen LogP contribution in [0.3, 0.4) is 0 Å². The number of hydrogen-bond acceptors (Lipinski definition) is 6. The van der Waals surface area contributed by atoms with Gasteiger partial charge in [0, 0.05) is 31.3 Å². The van der Waals surface area contributed by atoms with Crippen LogP contribution in [0.2, 0.25) is 0 Å². The number of nitrogens with one attached hydrogen (secondary N) is 1. The van der Waals surface area contributed by atoms with E-state index in [1.165, 1.54) is 6.92 Å². The number of amides is 2. The van der Waals surface area contributed by atoms with Crippen molar-refractivity contribution in [3.05, 3.63) is 60.0 Å². The van der Waals surface area contributed by atoms with Gasteiger partial charge in [0.2, 0.25) is 23.5 Å². The molecule has 0 aliphatic carbocycles. The van der Waals surface area contributed by atoms with Crippen LogP contribution in [0, 0.1) is 0 Å². The number of likely N-dealkylation sites (tertiary alicyclic amines) is 1. The van der Waals surface area contributed by atoms with Crippen LogP contribution in [0.25, 0.3) is 11.4 Å². The van der Waals surface area contributed by atoms with Gasteiger partial charge in [0.1, 0.15) is 5.75 Å². The lowest BCUT2D eigenvalue weighted by Crippen LogP contribution is -2.40. The quantitative estimate of drug-likeness (QED) is 0.636. The van der Waals surface area contributed by atoms with Gasteiger partial charge in [-0.1, -0.05) is 17.3 Å². The average molecular weight is 434 g/mol. The SMILES string of the molecule is COc1cccc(CC(=O)N2CCCC(c3nc(-c4ccc(NC(C)=O)cc4)no3)C2)c1. The van der Waals surface area contributed by atoms with Gasteiger partial charge >= 0.3 is 0 Å². The number of carbonyl (C=O) groups is 2. The number of carbonyl (C=O) groups excluding carboxylic acids is 2. The van der Waals surface area contributed by atoms with Gasteiger partial charge in [-0.05, 0) is 54.8 Å². The number of benzene rings is 2. The number of hydrogen-bond donors (Lipinski definition) is 1. The Morgan fingerprint density at radius 1 is 1.22 bits per heavy atom. The molecule has 1 saturated heterocycles. The predicted octanol–water partition coefficient (Wildman–Crippen LogP) is 3.65. The first-order valence-corrected chi connectivity index (χ1v) is 10.6. The summed E-state index contributed by atoms with van der Waals surface area (Å²) in [6.45, 7) is 2.76. The van der Waals surface area contributed by atoms with Gasteiger partial charge in [0.25, 0.3) is 0 Å². The fourth-order valence-electron chi connectivity index (χ4n) is 3.90. The van der Waals surface area contributed by atoms with Crippen molar-refractivity contribution in [2.24, 2.45) is 0 Å². The Morgan fingerprint density at radius 2 is 2.03 bits per heavy atom. The third-order valence-electron chi connectivity index (χ3n) is 5.52. The summed E-state index contributed by atoms with van der Waals surface area (Å²) in [5, 5.41) is 6.85. The third-order valence-corrected chi connectivity index (χ3v) is 5.52. The van der Waals surface area contributed by atoms with Crippen molar-refractivity contribution in [3.63, 3.8) is 0 Å². The Bertz CT molecular complexity index is 1090. The molecule has 1 atom stereocenters. The second-order valence-corrected chi connectivity index (χ2v) is 7.92. The largest absolute Gasteiger partial charge is 0.497 e. The lowest BCUT2D eigenvalue weighted by Gasteiger charge is -2.31. The van der Waals surface area contributed by atoms with Crippen molar-refractivity contribution < 1.29 is 18.8 Å². The van der Waals surface area contributed by atoms with E-state index in [1.807, 2.05) is 41.3 Å². The fourth-order valence-corrected chi connectivity index (χ4v) is 3.90. The van der Waals surface area contributed by atoms with Crippen molar-refractivity contribution >= 4 is 17.5 Å². The summed E-state index contributed by atoms with van der Waals surface area (Å²) in [7, 11) is 1.62. The predicted molar refractivity (Wildman–Crippen MR) is 119 cm³/mol. The van der Waals surface area contributed by atoms with Crippen LogP contribution in [0.4, 0.5) is 5.69 Å². The van der Waals surface area contributed by atoms with Gasteiger partial charge in [-0.25, -0.2) is 0 Å². The molecule has 2 amide bonds. The van der Waals surface area contributed by atoms with E-state index in [1.54, 1.807) is 19.2 Å². The number of nitrogens with zero attached hydrogens (tertiary/aromatic N) is 3. The molecule has 3 aromatic rings. The van der Waals surface area contributed by atoms with Crippen molar-refractivity contribution in [1.82, 2.24) is 15.0 Å². The summed E-state index contributed by atoms with van der Waals surface area (Å²) in [4.78, 5) is 30.5. The van der Waals surface area contributed by atoms with Gasteiger partial charge in [-0.3, -0.25) is 9.59 Å². The first kappa shape index (κ1) is 21.5. The molecule has 0 bridgehead atoms. The van der Waals surface area contributed by atoms with Crippen molar-refractivity contribution in [2.75, 3.05) is 25.5 Å². The Balaban J connectivity index is 1.40. The molecule has 1 aromatic heterocycles. The molecule has 166 valence electrons. The third kappa shape index (κ3) is 5.14. The lowest BCUT2D eigenvalue weighted by atomic mass is 9.97. The van der Waals surface area contributed by atoms with Gasteiger partial charge in [0.05, 0.1) is 19.4 Å². The Hall–Kier alpha value is -3.68. The van der Waals surface area contributed by atoms with E-state index in [-0.39, 0.29) is 17.7 Å². The van der Waals surface area contributed by atoms with Gasteiger partial charge in [-0.2, -0.15) is 4.98 Å². The van der Waals surface area contributed by atoms with Gasteiger partial charge < -0.3 is 19.5 Å². The van der Waals surface area contributed by atoms with Crippen LogP contribution < -0.4 is 10.1 Å². The van der Waals surface area contributed by atoms with Crippen LogP contribution in [-0.4, -0.2) is 47.1 Å². The Morgan fingerprint density at radius 3 is 2.78 bits per heavy atom. The van der Waals surface area contributed by atoms with E-state index in [0.717, 1.165) is 36.3 Å². The van der Waals surface area contributed by atoms with E-state index in [9.17, 15) is 9.59 Å². The zero-order chi connectivity index (χ0) is 22.5. The summed E-state index contributed by atoms with van der Waals surface area (Å²) in [5.74, 6) is 1.76. The van der Waals surface area contributed by atoms with Crippen LogP contribution in [0.15, 0.2) is 53.1 Å². The topological polar surface area (TPSA) is 97.6 Å². The molecule has 4 rings (SSSR count). The number of anilines is 1. The number of ether oxygens (including phenoxy) is 1. The summed E-state index contributed by atoms with van der Waals surface area (Å²) in [5.41, 5.74) is 2.44. The van der Waals surface area contributed by atoms with E-state index in [4.69, 9.17) is 9.26 Å². The normalized spacial score (nSPS) is 15.9. The van der Waals surface area contributed by atoms with Crippen LogP contribution in [-0.2, 0) is 16.0 Å². The average Bonchev–Trinajstić information content (AvgIpc) is 3.30. The maximum absolute atomic E-state index is 12.9. The number of methoxy groups -OCH3 is 1. The molecule has 8 heteroatoms. The van der Waals surface area contributed by atoms with Crippen molar-refractivity contribution in [3.8, 4) is 17.1 Å². The highest BCUT2D eigenvalue weighted by Gasteiger charge is 2.28. The van der Waals surface area contributed by atoms with E-state index in [2.05, 4.69) is 15.5 Å². The van der Waals surface area contributed by atoms with Crippen LogP contribution in [0.5, 0.6) is 5.75 Å². The number of rotatable bonds is 6. The Labute approximate surface area is 186 Å². The van der Waals surface area contributed by atoms with Crippen molar-refractivity contribution in [1.29, 1.82) is 0 Å². The van der Waals surface area contributed by atoms with Crippen molar-refractivity contribution in [2.45, 2.75) is 32.1 Å². The maximum atomic E-state index is 12.9. The minimum absolute atomic E-state index is 0.0120. The molecule has 0 saturated carbocycles. The zero-order valence-electron chi connectivity index (χ0n) is 18.2. The molecule has 2 heterocycles. The molecule has 1 aliphatic rings. The zero-order valence-corrected chi connectivity index (χ0v) is 18.2. The lowest BCUT2D eigenvalue weighted by molar-refractivity contribution is -0.131. The summed E-state index contributed by atoms with van der Waals surface area (Å²) in [6.07, 6.45) is 2.11. The second kappa shape index (κ2) is 9.64. The molecule has 32 heavy (non-hydrogen) atoms. The number of piperidine rings is 1. The molecule has 2 aromatic carbocycles. The highest BCUT2D eigenvalue weighted by molar-refractivity contribution is 5.88. The van der Waals surface area contributed by atoms with E-state index in [0.29, 0.717) is 30.4 Å². The van der Waals surface area contributed by atoms with E-state index >= 15 is 0 Å². The van der Waals surface area contributed by atoms with Crippen LogP contribution in [0.1, 0.15) is 37.1 Å². The highest BCUT2D eigenvalue weighted by atomic mass is 16.5. The molecule has 1 N–H and O–H groups in total. The second-order valence-electron chi connectivity index (χ2n) is 7.92. The monoisotopic (exact) mass is 434 g/mol. The highest BCUT2D eigenvalue weighted by Crippen LogP contribution is 2.28. The molecule has 1 unspecified atom stereocenters. The number of aromatic nitrogens is 2. The molecular weight excluding hydrogens is 408 g/mol. The smallest absolute Gasteiger partial charge is 0.231 e. The van der Waals surface area contributed by atoms with Crippen LogP contribution >= 0.6 is 0 Å². The first-order valence-electron chi connectivity index (χ1n) is 10.6. The minimum atomic E-state index is -0.123. The molecule has 1 aliphatic heterocycles. The Kier molecular flexibility index (Phi) is 6.49. The van der Waals surface area contributed by atoms with Gasteiger partial charge in [-0.15, -0.1) is 0 Å². The molecular formula is C24H26N4O4. The van der Waals surface area contributed by atoms with Gasteiger partial charge in [0.15, 0.2) is 0 Å². The minimum Gasteiger partial charge on any atom is -0.497 e. The standard InChI is InChI=1S/C24H26N4O4/c1-16(29)25-20-10-8-18(9-11-20)23-26-24(32-27-23)19-6-4-12-28(15-19)22(30)14-17-5-3-7-21(13-17)31-2/h3,5,7-11,13,19H,4,6,12,14-15H2,1-2H3,(H,25,29). The van der Waals surface area contributed by atoms with E-state index < -0.39 is 0 Å². The fraction of sp³-hybridized carbons (Fsp3) is 0.333. The first-order chi connectivity index (χ1) is 15.5. The molecule has 0 spiro atoms. The molecule has 0 radical (unpaired) electrons. The maximum Gasteiger partial charge on any atom is 0.231 e. The molecule has 1 fully saturated rings. The summed E-state index contributed by atoms with van der Waals surface area (Å²) < 4.78 is 10.8. The molecule has 8 nitrogen and oxygen atoms in total.